The average Bonchev–Trinajstić information content (AvgIpc) is 2.54. The van der Waals surface area contributed by atoms with Crippen LogP contribution in [0.5, 0.6) is 0 Å². The van der Waals surface area contributed by atoms with Crippen LogP contribution >= 0.6 is 0 Å². The Morgan fingerprint density at radius 3 is 2.46 bits per heavy atom. The van der Waals surface area contributed by atoms with E-state index in [1.165, 1.54) is 0 Å². The average molecular weight is 381 g/mol. The summed E-state index contributed by atoms with van der Waals surface area (Å²) >= 11 is 0. The van der Waals surface area contributed by atoms with Crippen molar-refractivity contribution in [2.45, 2.75) is 31.7 Å². The Kier molecular flexibility index (Phi) is 6.27. The Hall–Kier alpha value is -2.52. The van der Waals surface area contributed by atoms with Gasteiger partial charge < -0.3 is 10.3 Å². The quantitative estimate of drug-likeness (QED) is 0.668. The zero-order valence-electron chi connectivity index (χ0n) is 14.4. The zero-order chi connectivity index (χ0) is 19.3. The van der Waals surface area contributed by atoms with Gasteiger partial charge in [-0.1, -0.05) is 0 Å². The van der Waals surface area contributed by atoms with Gasteiger partial charge in [-0.2, -0.15) is 0 Å². The minimum absolute atomic E-state index is 0.0605. The van der Waals surface area contributed by atoms with Crippen LogP contribution in [0.1, 0.15) is 23.2 Å². The lowest BCUT2D eigenvalue weighted by atomic mass is 10.1. The largest absolute Gasteiger partial charge is 0.352 e. The smallest absolute Gasteiger partial charge is 0.253 e. The molecule has 1 heterocycles. The molecular weight excluding hydrogens is 361 g/mol. The third-order valence-electron chi connectivity index (χ3n) is 3.72. The summed E-state index contributed by atoms with van der Waals surface area (Å²) in [5.74, 6) is -0.934. The third kappa shape index (κ3) is 5.24. The summed E-state index contributed by atoms with van der Waals surface area (Å²) in [6.45, 7) is 3.49. The zero-order valence-corrected chi connectivity index (χ0v) is 15.2. The number of nitrogens with one attached hydrogen (secondary N) is 3. The lowest BCUT2D eigenvalue weighted by Gasteiger charge is -2.09. The van der Waals surface area contributed by atoms with Gasteiger partial charge in [-0.3, -0.25) is 9.59 Å². The number of sulfonamides is 1. The molecule has 0 spiro atoms. The predicted octanol–water partition coefficient (Wildman–Crippen LogP) is 1.12. The first-order chi connectivity index (χ1) is 12.2. The van der Waals surface area contributed by atoms with Crippen molar-refractivity contribution >= 4 is 15.9 Å². The molecule has 0 atom stereocenters. The summed E-state index contributed by atoms with van der Waals surface area (Å²) in [6.07, 6.45) is -0.0940. The summed E-state index contributed by atoms with van der Waals surface area (Å²) < 4.78 is 39.1. The second kappa shape index (κ2) is 8.24. The van der Waals surface area contributed by atoms with Crippen molar-refractivity contribution in [3.05, 3.63) is 63.3 Å². The molecule has 7 nitrogen and oxygen atoms in total. The van der Waals surface area contributed by atoms with E-state index in [0.29, 0.717) is 5.56 Å². The second-order valence-corrected chi connectivity index (χ2v) is 7.59. The van der Waals surface area contributed by atoms with Crippen LogP contribution in [0.3, 0.4) is 0 Å². The maximum absolute atomic E-state index is 12.8. The number of aryl methyl sites for hydroxylation is 2. The van der Waals surface area contributed by atoms with E-state index in [0.717, 1.165) is 35.5 Å². The predicted molar refractivity (Wildman–Crippen MR) is 94.6 cm³/mol. The Bertz CT molecular complexity index is 953. The van der Waals surface area contributed by atoms with Gasteiger partial charge >= 0.3 is 0 Å². The number of aromatic nitrogens is 1. The molecule has 26 heavy (non-hydrogen) atoms. The number of amides is 1. The fraction of sp³-hybridized carbons (Fsp3) is 0.294. The van der Waals surface area contributed by atoms with Gasteiger partial charge in [-0.25, -0.2) is 17.5 Å². The summed E-state index contributed by atoms with van der Waals surface area (Å²) in [5.41, 5.74) is 1.69. The maximum Gasteiger partial charge on any atom is 0.253 e. The molecule has 0 aliphatic carbocycles. The summed E-state index contributed by atoms with van der Waals surface area (Å²) in [4.78, 5) is 26.3. The van der Waals surface area contributed by atoms with Gasteiger partial charge in [0.1, 0.15) is 5.82 Å². The van der Waals surface area contributed by atoms with Crippen LogP contribution in [0.25, 0.3) is 0 Å². The fourth-order valence-corrected chi connectivity index (χ4v) is 3.40. The number of rotatable bonds is 7. The number of H-pyrrole nitrogens is 1. The molecular formula is C17H20FN3O4S. The molecule has 0 aliphatic rings. The van der Waals surface area contributed by atoms with E-state index in [9.17, 15) is 22.4 Å². The van der Waals surface area contributed by atoms with Crippen LogP contribution in [0, 0.1) is 19.7 Å². The first-order valence-corrected chi connectivity index (χ1v) is 9.38. The van der Waals surface area contributed by atoms with Crippen molar-refractivity contribution in [2.75, 3.05) is 6.54 Å². The Labute approximate surface area is 150 Å². The van der Waals surface area contributed by atoms with Crippen LogP contribution in [0.15, 0.2) is 40.0 Å². The normalized spacial score (nSPS) is 11.3. The highest BCUT2D eigenvalue weighted by molar-refractivity contribution is 7.89. The minimum Gasteiger partial charge on any atom is -0.352 e. The van der Waals surface area contributed by atoms with Crippen molar-refractivity contribution in [3.63, 3.8) is 0 Å². The van der Waals surface area contributed by atoms with Crippen LogP contribution in [0.2, 0.25) is 0 Å². The van der Waals surface area contributed by atoms with Gasteiger partial charge in [0.15, 0.2) is 0 Å². The van der Waals surface area contributed by atoms with E-state index >= 15 is 0 Å². The molecule has 9 heteroatoms. The molecule has 1 aromatic carbocycles. The van der Waals surface area contributed by atoms with E-state index in [1.54, 1.807) is 19.9 Å². The maximum atomic E-state index is 12.8. The van der Waals surface area contributed by atoms with Crippen LogP contribution in [0.4, 0.5) is 4.39 Å². The molecule has 0 radical (unpaired) electrons. The molecule has 0 bridgehead atoms. The van der Waals surface area contributed by atoms with Crippen LogP contribution in [-0.2, 0) is 21.4 Å². The van der Waals surface area contributed by atoms with Crippen molar-refractivity contribution in [3.8, 4) is 0 Å². The number of hydrogen-bond acceptors (Lipinski definition) is 4. The number of halogens is 1. The lowest BCUT2D eigenvalue weighted by Crippen LogP contribution is -2.32. The van der Waals surface area contributed by atoms with E-state index < -0.39 is 21.7 Å². The molecule has 0 unspecified atom stereocenters. The molecule has 2 aromatic rings. The standard InChI is InChI=1S/C17H20FN3O4S/c1-11-9-12(2)21-17(23)15(11)10-19-16(22)7-8-20-26(24,25)14-5-3-13(18)4-6-14/h3-6,9,20H,7-8,10H2,1-2H3,(H,19,22)(H,21,23). The topological polar surface area (TPSA) is 108 Å². The Morgan fingerprint density at radius 2 is 1.85 bits per heavy atom. The van der Waals surface area contributed by atoms with Crippen molar-refractivity contribution < 1.29 is 17.6 Å². The summed E-state index contributed by atoms with van der Waals surface area (Å²) in [5, 5.41) is 2.59. The monoisotopic (exact) mass is 381 g/mol. The molecule has 1 aromatic heterocycles. The van der Waals surface area contributed by atoms with Gasteiger partial charge in [-0.15, -0.1) is 0 Å². The molecule has 2 rings (SSSR count). The number of pyridine rings is 1. The fourth-order valence-electron chi connectivity index (χ4n) is 2.37. The van der Waals surface area contributed by atoms with Gasteiger partial charge in [-0.05, 0) is 49.7 Å². The molecule has 1 amide bonds. The molecule has 0 aliphatic heterocycles. The Morgan fingerprint density at radius 1 is 1.19 bits per heavy atom. The number of benzene rings is 1. The molecule has 0 saturated carbocycles. The molecule has 0 fully saturated rings. The summed E-state index contributed by atoms with van der Waals surface area (Å²) in [7, 11) is -3.81. The van der Waals surface area contributed by atoms with Gasteiger partial charge in [0, 0.05) is 30.8 Å². The number of hydrogen-bond donors (Lipinski definition) is 3. The lowest BCUT2D eigenvalue weighted by molar-refractivity contribution is -0.121. The van der Waals surface area contributed by atoms with Gasteiger partial charge in [0.25, 0.3) is 5.56 Å². The van der Waals surface area contributed by atoms with Crippen LogP contribution < -0.4 is 15.6 Å². The van der Waals surface area contributed by atoms with Crippen LogP contribution in [-0.4, -0.2) is 25.9 Å². The number of carbonyl (C=O) groups excluding carboxylic acids is 1. The Balaban J connectivity index is 1.86. The van der Waals surface area contributed by atoms with Gasteiger partial charge in [0.05, 0.1) is 4.90 Å². The van der Waals surface area contributed by atoms with Crippen molar-refractivity contribution in [1.29, 1.82) is 0 Å². The summed E-state index contributed by atoms with van der Waals surface area (Å²) in [6, 6.07) is 6.18. The van der Waals surface area contributed by atoms with E-state index in [-0.39, 0.29) is 30.0 Å². The second-order valence-electron chi connectivity index (χ2n) is 5.82. The van der Waals surface area contributed by atoms with Crippen molar-refractivity contribution in [2.24, 2.45) is 0 Å². The first kappa shape index (κ1) is 19.8. The SMILES string of the molecule is Cc1cc(C)c(CNC(=O)CCNS(=O)(=O)c2ccc(F)cc2)c(=O)[nH]1. The number of carbonyl (C=O) groups is 1. The van der Waals surface area contributed by atoms with Gasteiger partial charge in [0.2, 0.25) is 15.9 Å². The first-order valence-electron chi connectivity index (χ1n) is 7.90. The van der Waals surface area contributed by atoms with E-state index in [1.807, 2.05) is 0 Å². The minimum atomic E-state index is -3.81. The molecule has 3 N–H and O–H groups in total. The highest BCUT2D eigenvalue weighted by atomic mass is 32.2. The highest BCUT2D eigenvalue weighted by Gasteiger charge is 2.14. The van der Waals surface area contributed by atoms with E-state index in [2.05, 4.69) is 15.0 Å². The number of aromatic amines is 1. The third-order valence-corrected chi connectivity index (χ3v) is 5.20. The molecule has 140 valence electrons. The van der Waals surface area contributed by atoms with Crippen molar-refractivity contribution in [1.82, 2.24) is 15.0 Å². The van der Waals surface area contributed by atoms with E-state index in [4.69, 9.17) is 0 Å². The molecule has 0 saturated heterocycles. The highest BCUT2D eigenvalue weighted by Crippen LogP contribution is 2.09.